The van der Waals surface area contributed by atoms with Crippen molar-refractivity contribution < 1.29 is 0 Å². The molecule has 0 bridgehead atoms. The van der Waals surface area contributed by atoms with Crippen molar-refractivity contribution in [3.8, 4) is 0 Å². The topological polar surface area (TPSA) is 61.6 Å². The smallest absolute Gasteiger partial charge is 0.194 e. The maximum absolute atomic E-state index is 4.98. The zero-order valence-corrected chi connectivity index (χ0v) is 17.4. The monoisotopic (exact) mass is 375 g/mol. The van der Waals surface area contributed by atoms with E-state index in [-0.39, 0.29) is 0 Å². The molecule has 1 aromatic rings. The van der Waals surface area contributed by atoms with Crippen LogP contribution in [-0.4, -0.2) is 75.8 Å². The first kappa shape index (κ1) is 20.1. The molecule has 0 amide bonds. The molecule has 3 rings (SSSR count). The molecule has 152 valence electrons. The van der Waals surface area contributed by atoms with Gasteiger partial charge in [0.2, 0.25) is 0 Å². The van der Waals surface area contributed by atoms with Crippen LogP contribution in [0.1, 0.15) is 52.3 Å². The molecular weight excluding hydrogens is 338 g/mol. The Kier molecular flexibility index (Phi) is 7.50. The Morgan fingerprint density at radius 2 is 1.96 bits per heavy atom. The van der Waals surface area contributed by atoms with Crippen molar-refractivity contribution in [2.24, 2.45) is 10.9 Å². The van der Waals surface area contributed by atoms with Crippen LogP contribution in [0.2, 0.25) is 0 Å². The molecule has 1 aliphatic heterocycles. The molecule has 0 aromatic carbocycles. The van der Waals surface area contributed by atoms with Gasteiger partial charge in [0.15, 0.2) is 5.96 Å². The van der Waals surface area contributed by atoms with E-state index in [1.807, 2.05) is 6.33 Å². The second-order valence-electron chi connectivity index (χ2n) is 8.31. The molecular formula is C20H37N7. The zero-order chi connectivity index (χ0) is 19.1. The summed E-state index contributed by atoms with van der Waals surface area (Å²) in [7, 11) is 0. The van der Waals surface area contributed by atoms with Gasteiger partial charge in [-0.2, -0.15) is 0 Å². The Morgan fingerprint density at radius 3 is 2.63 bits per heavy atom. The normalized spacial score (nSPS) is 20.0. The van der Waals surface area contributed by atoms with Crippen molar-refractivity contribution in [2.45, 2.75) is 65.5 Å². The third kappa shape index (κ3) is 5.92. The van der Waals surface area contributed by atoms with Crippen LogP contribution in [-0.2, 0) is 13.0 Å². The molecule has 7 nitrogen and oxygen atoms in total. The zero-order valence-electron chi connectivity index (χ0n) is 17.4. The van der Waals surface area contributed by atoms with Crippen LogP contribution in [0.15, 0.2) is 11.3 Å². The minimum Gasteiger partial charge on any atom is -0.354 e. The van der Waals surface area contributed by atoms with E-state index in [0.717, 1.165) is 63.4 Å². The maximum Gasteiger partial charge on any atom is 0.194 e. The highest BCUT2D eigenvalue weighted by Crippen LogP contribution is 2.18. The molecule has 0 unspecified atom stereocenters. The lowest BCUT2D eigenvalue weighted by molar-refractivity contribution is 0.163. The van der Waals surface area contributed by atoms with Crippen molar-refractivity contribution in [2.75, 3.05) is 39.3 Å². The van der Waals surface area contributed by atoms with Gasteiger partial charge in [0.1, 0.15) is 12.2 Å². The fourth-order valence-corrected chi connectivity index (χ4v) is 4.15. The summed E-state index contributed by atoms with van der Waals surface area (Å²) >= 11 is 0. The Bertz CT molecular complexity index is 581. The minimum atomic E-state index is 0.596. The first-order valence-electron chi connectivity index (χ1n) is 10.8. The van der Waals surface area contributed by atoms with Crippen LogP contribution in [0.3, 0.4) is 0 Å². The predicted molar refractivity (Wildman–Crippen MR) is 110 cm³/mol. The third-order valence-electron chi connectivity index (χ3n) is 5.60. The van der Waals surface area contributed by atoms with Crippen LogP contribution in [0.4, 0.5) is 0 Å². The molecule has 2 heterocycles. The lowest BCUT2D eigenvalue weighted by Crippen LogP contribution is -2.54. The second kappa shape index (κ2) is 10.1. The minimum absolute atomic E-state index is 0.596. The van der Waals surface area contributed by atoms with Gasteiger partial charge in [-0.15, -0.1) is 10.2 Å². The van der Waals surface area contributed by atoms with E-state index in [9.17, 15) is 0 Å². The Hall–Kier alpha value is -1.63. The maximum atomic E-state index is 4.98. The summed E-state index contributed by atoms with van der Waals surface area (Å²) in [6.45, 7) is 13.9. The molecule has 27 heavy (non-hydrogen) atoms. The number of guanidine groups is 1. The molecule has 1 saturated heterocycles. The average molecular weight is 376 g/mol. The summed E-state index contributed by atoms with van der Waals surface area (Å²) in [5, 5.41) is 12.0. The summed E-state index contributed by atoms with van der Waals surface area (Å²) < 4.78 is 2.12. The molecule has 0 spiro atoms. The van der Waals surface area contributed by atoms with Gasteiger partial charge in [-0.25, -0.2) is 0 Å². The van der Waals surface area contributed by atoms with E-state index in [4.69, 9.17) is 4.99 Å². The average Bonchev–Trinajstić information content (AvgIpc) is 3.32. The van der Waals surface area contributed by atoms with Crippen molar-refractivity contribution in [3.05, 3.63) is 12.2 Å². The number of aromatic nitrogens is 3. The summed E-state index contributed by atoms with van der Waals surface area (Å²) in [5.74, 6) is 2.88. The molecule has 0 radical (unpaired) electrons. The number of nitrogens with zero attached hydrogens (tertiary/aromatic N) is 6. The van der Waals surface area contributed by atoms with Gasteiger partial charge in [-0.05, 0) is 18.8 Å². The van der Waals surface area contributed by atoms with E-state index in [1.54, 1.807) is 0 Å². The van der Waals surface area contributed by atoms with Gasteiger partial charge in [-0.1, -0.05) is 33.6 Å². The summed E-state index contributed by atoms with van der Waals surface area (Å²) in [6, 6.07) is 0.596. The van der Waals surface area contributed by atoms with E-state index < -0.39 is 0 Å². The quantitative estimate of drug-likeness (QED) is 0.583. The molecule has 1 saturated carbocycles. The number of aryl methyl sites for hydroxylation is 1. The van der Waals surface area contributed by atoms with Gasteiger partial charge in [0.25, 0.3) is 0 Å². The number of nitrogens with one attached hydrogen (secondary N) is 1. The fourth-order valence-electron chi connectivity index (χ4n) is 4.15. The van der Waals surface area contributed by atoms with Crippen LogP contribution in [0, 0.1) is 5.92 Å². The predicted octanol–water partition coefficient (Wildman–Crippen LogP) is 2.00. The Morgan fingerprint density at radius 1 is 1.22 bits per heavy atom. The molecule has 2 fully saturated rings. The number of aliphatic imine (C=N–C) groups is 1. The number of piperazine rings is 1. The van der Waals surface area contributed by atoms with E-state index >= 15 is 0 Å². The number of hydrogen-bond donors (Lipinski definition) is 1. The lowest BCUT2D eigenvalue weighted by Gasteiger charge is -2.38. The SMILES string of the molecule is CCc1nncn1CCN=C(NC1CCCC1)N1CCN(CC(C)C)CC1. The van der Waals surface area contributed by atoms with Gasteiger partial charge < -0.3 is 14.8 Å². The van der Waals surface area contributed by atoms with Gasteiger partial charge >= 0.3 is 0 Å². The highest BCUT2D eigenvalue weighted by Gasteiger charge is 2.23. The highest BCUT2D eigenvalue weighted by atomic mass is 15.4. The van der Waals surface area contributed by atoms with Gasteiger partial charge in [-0.3, -0.25) is 9.89 Å². The molecule has 0 atom stereocenters. The first-order valence-corrected chi connectivity index (χ1v) is 10.8. The van der Waals surface area contributed by atoms with E-state index in [1.165, 1.54) is 32.2 Å². The van der Waals surface area contributed by atoms with E-state index in [2.05, 4.69) is 50.7 Å². The summed E-state index contributed by atoms with van der Waals surface area (Å²) in [5.41, 5.74) is 0. The van der Waals surface area contributed by atoms with Gasteiger partial charge in [0, 0.05) is 51.7 Å². The molecule has 2 aliphatic rings. The number of rotatable bonds is 7. The Balaban J connectivity index is 1.58. The Labute approximate surface area is 164 Å². The highest BCUT2D eigenvalue weighted by molar-refractivity contribution is 5.80. The van der Waals surface area contributed by atoms with Crippen molar-refractivity contribution in [1.82, 2.24) is 29.9 Å². The molecule has 7 heteroatoms. The molecule has 1 N–H and O–H groups in total. The second-order valence-corrected chi connectivity index (χ2v) is 8.31. The van der Waals surface area contributed by atoms with E-state index in [0.29, 0.717) is 6.04 Å². The van der Waals surface area contributed by atoms with Crippen LogP contribution < -0.4 is 5.32 Å². The van der Waals surface area contributed by atoms with Crippen molar-refractivity contribution in [3.63, 3.8) is 0 Å². The van der Waals surface area contributed by atoms with Gasteiger partial charge in [0.05, 0.1) is 6.54 Å². The van der Waals surface area contributed by atoms with Crippen LogP contribution >= 0.6 is 0 Å². The summed E-state index contributed by atoms with van der Waals surface area (Å²) in [4.78, 5) is 10.0. The number of hydrogen-bond acceptors (Lipinski definition) is 4. The standard InChI is InChI=1S/C20H37N7/c1-4-19-24-22-16-27(19)10-9-21-20(23-18-7-5-6-8-18)26-13-11-25(12-14-26)15-17(2)3/h16-18H,4-15H2,1-3H3,(H,21,23). The fraction of sp³-hybridized carbons (Fsp3) is 0.850. The summed E-state index contributed by atoms with van der Waals surface area (Å²) in [6.07, 6.45) is 7.97. The molecule has 1 aromatic heterocycles. The largest absolute Gasteiger partial charge is 0.354 e. The third-order valence-corrected chi connectivity index (χ3v) is 5.60. The lowest BCUT2D eigenvalue weighted by atomic mass is 10.2. The van der Waals surface area contributed by atoms with Crippen LogP contribution in [0.5, 0.6) is 0 Å². The van der Waals surface area contributed by atoms with Crippen LogP contribution in [0.25, 0.3) is 0 Å². The first-order chi connectivity index (χ1) is 13.2. The molecule has 1 aliphatic carbocycles. The van der Waals surface area contributed by atoms with Crippen molar-refractivity contribution in [1.29, 1.82) is 0 Å². The van der Waals surface area contributed by atoms with Crippen molar-refractivity contribution >= 4 is 5.96 Å².